The maximum atomic E-state index is 13.4. The summed E-state index contributed by atoms with van der Waals surface area (Å²) in [5, 5.41) is 32.7. The minimum atomic E-state index is -1.19. The molecule has 5 aliphatic rings. The van der Waals surface area contributed by atoms with Gasteiger partial charge in [-0.25, -0.2) is 0 Å². The van der Waals surface area contributed by atoms with E-state index in [0.717, 1.165) is 0 Å². The van der Waals surface area contributed by atoms with Crippen LogP contribution in [0.15, 0.2) is 0 Å². The first kappa shape index (κ1) is 17.1. The number of esters is 1. The molecule has 7 nitrogen and oxygen atoms in total. The van der Waals surface area contributed by atoms with Crippen molar-refractivity contribution in [2.45, 2.75) is 63.6 Å². The molecule has 0 aromatic carbocycles. The van der Waals surface area contributed by atoms with E-state index in [0.29, 0.717) is 6.42 Å². The van der Waals surface area contributed by atoms with Gasteiger partial charge in [-0.2, -0.15) is 0 Å². The van der Waals surface area contributed by atoms with Gasteiger partial charge in [-0.15, -0.1) is 0 Å². The Balaban J connectivity index is 1.75. The van der Waals surface area contributed by atoms with Gasteiger partial charge in [-0.05, 0) is 25.2 Å². The molecule has 5 rings (SSSR count). The number of carbonyl (C=O) groups is 2. The summed E-state index contributed by atoms with van der Waals surface area (Å²) in [5.74, 6) is -2.17. The van der Waals surface area contributed by atoms with Crippen molar-refractivity contribution in [1.29, 1.82) is 0 Å². The lowest BCUT2D eigenvalue weighted by atomic mass is 9.39. The largest absolute Gasteiger partial charge is 0.456 e. The van der Waals surface area contributed by atoms with Crippen LogP contribution in [0.1, 0.15) is 33.6 Å². The third-order valence-electron chi connectivity index (χ3n) is 8.66. The van der Waals surface area contributed by atoms with E-state index in [-0.39, 0.29) is 30.6 Å². The standard InChI is InChI=1S/C19H26O7/c1-7-4-9(20)14(23)17(2)8(7)5-10(21)19-6-25-18(3)13(19)16(24)26-15(18)11(22)12(17)19/h7-9,11-15,20,22-23H,4-6H2,1-3H3/t7-,8+,9-,11-,12-,13+,14-,15+,17+,18-,19-/m1/s1. The Morgan fingerprint density at radius 3 is 2.54 bits per heavy atom. The molecule has 0 amide bonds. The summed E-state index contributed by atoms with van der Waals surface area (Å²) in [4.78, 5) is 26.1. The summed E-state index contributed by atoms with van der Waals surface area (Å²) in [6.07, 6.45) is -3.33. The number of hydrogen-bond acceptors (Lipinski definition) is 7. The van der Waals surface area contributed by atoms with Gasteiger partial charge in [0.25, 0.3) is 0 Å². The van der Waals surface area contributed by atoms with Crippen LogP contribution in [0.25, 0.3) is 0 Å². The predicted molar refractivity (Wildman–Crippen MR) is 86.7 cm³/mol. The zero-order chi connectivity index (χ0) is 18.8. The van der Waals surface area contributed by atoms with Crippen LogP contribution in [0.3, 0.4) is 0 Å². The van der Waals surface area contributed by atoms with Gasteiger partial charge in [0.2, 0.25) is 0 Å². The van der Waals surface area contributed by atoms with Gasteiger partial charge >= 0.3 is 5.97 Å². The highest BCUT2D eigenvalue weighted by Gasteiger charge is 2.83. The second-order valence-electron chi connectivity index (χ2n) is 9.60. The zero-order valence-electron chi connectivity index (χ0n) is 15.2. The SMILES string of the molecule is C[C@@H]1C[C@@H](O)[C@@H](O)[C@@]2(C)[C@H]1CC(=O)[C@@]13CO[C@@]4(C)[C@@H](OC(=O)[C@@H]41)[C@H](O)[C@@H]32. The van der Waals surface area contributed by atoms with E-state index >= 15 is 0 Å². The summed E-state index contributed by atoms with van der Waals surface area (Å²) >= 11 is 0. The molecule has 3 saturated carbocycles. The van der Waals surface area contributed by atoms with Gasteiger partial charge in [-0.3, -0.25) is 9.59 Å². The highest BCUT2D eigenvalue weighted by Crippen LogP contribution is 2.71. The number of Topliss-reactive ketones (excluding diaryl/α,β-unsaturated/α-hetero) is 1. The first-order chi connectivity index (χ1) is 12.1. The van der Waals surface area contributed by atoms with Crippen molar-refractivity contribution >= 4 is 11.8 Å². The van der Waals surface area contributed by atoms with Crippen molar-refractivity contribution in [3.63, 3.8) is 0 Å². The van der Waals surface area contributed by atoms with E-state index in [1.54, 1.807) is 6.92 Å². The number of aliphatic hydroxyl groups excluding tert-OH is 3. The molecule has 3 aliphatic carbocycles. The zero-order valence-corrected chi connectivity index (χ0v) is 15.2. The van der Waals surface area contributed by atoms with Gasteiger partial charge in [0, 0.05) is 17.8 Å². The molecule has 0 radical (unpaired) electrons. The molecule has 26 heavy (non-hydrogen) atoms. The third kappa shape index (κ3) is 1.50. The molecular formula is C19H26O7. The van der Waals surface area contributed by atoms with Crippen LogP contribution in [0.2, 0.25) is 0 Å². The van der Waals surface area contributed by atoms with Gasteiger partial charge < -0.3 is 24.8 Å². The molecule has 5 fully saturated rings. The summed E-state index contributed by atoms with van der Waals surface area (Å²) in [7, 11) is 0. The van der Waals surface area contributed by atoms with Crippen LogP contribution >= 0.6 is 0 Å². The molecule has 0 aromatic heterocycles. The fraction of sp³-hybridized carbons (Fsp3) is 0.895. The highest BCUT2D eigenvalue weighted by molar-refractivity contribution is 5.95. The van der Waals surface area contributed by atoms with Crippen LogP contribution in [-0.4, -0.2) is 63.7 Å². The molecule has 4 bridgehead atoms. The maximum Gasteiger partial charge on any atom is 0.313 e. The number of rotatable bonds is 0. The second-order valence-corrected chi connectivity index (χ2v) is 9.60. The molecule has 2 aliphatic heterocycles. The molecule has 11 atom stereocenters. The monoisotopic (exact) mass is 366 g/mol. The predicted octanol–water partition coefficient (Wildman–Crippen LogP) is -0.349. The third-order valence-corrected chi connectivity index (χ3v) is 8.66. The lowest BCUT2D eigenvalue weighted by Gasteiger charge is -2.63. The van der Waals surface area contributed by atoms with E-state index in [1.165, 1.54) is 0 Å². The van der Waals surface area contributed by atoms with Crippen molar-refractivity contribution in [2.75, 3.05) is 6.61 Å². The molecule has 0 unspecified atom stereocenters. The Hall–Kier alpha value is -1.02. The van der Waals surface area contributed by atoms with Crippen LogP contribution in [0, 0.1) is 34.5 Å². The van der Waals surface area contributed by atoms with Crippen LogP contribution < -0.4 is 0 Å². The Kier molecular flexibility index (Phi) is 3.08. The summed E-state index contributed by atoms with van der Waals surface area (Å²) in [6, 6.07) is 0. The first-order valence-corrected chi connectivity index (χ1v) is 9.52. The van der Waals surface area contributed by atoms with E-state index in [1.807, 2.05) is 13.8 Å². The lowest BCUT2D eigenvalue weighted by molar-refractivity contribution is -0.240. The first-order valence-electron chi connectivity index (χ1n) is 9.52. The van der Waals surface area contributed by atoms with E-state index in [9.17, 15) is 24.9 Å². The van der Waals surface area contributed by atoms with E-state index in [4.69, 9.17) is 9.47 Å². The quantitative estimate of drug-likeness (QED) is 0.502. The molecule has 144 valence electrons. The number of hydrogen-bond donors (Lipinski definition) is 3. The maximum absolute atomic E-state index is 13.4. The molecular weight excluding hydrogens is 340 g/mol. The van der Waals surface area contributed by atoms with Crippen LogP contribution in [0.4, 0.5) is 0 Å². The number of ether oxygens (including phenoxy) is 2. The fourth-order valence-corrected chi connectivity index (χ4v) is 7.60. The summed E-state index contributed by atoms with van der Waals surface area (Å²) in [6.45, 7) is 5.62. The number of carbonyl (C=O) groups excluding carboxylic acids is 2. The molecule has 2 heterocycles. The Morgan fingerprint density at radius 1 is 1.15 bits per heavy atom. The number of aliphatic hydroxyl groups is 3. The van der Waals surface area contributed by atoms with E-state index in [2.05, 4.69) is 0 Å². The van der Waals surface area contributed by atoms with Crippen LogP contribution in [-0.2, 0) is 19.1 Å². The van der Waals surface area contributed by atoms with Crippen molar-refractivity contribution in [3.8, 4) is 0 Å². The number of ketones is 1. The van der Waals surface area contributed by atoms with Gasteiger partial charge in [0.1, 0.15) is 17.3 Å². The Labute approximate surface area is 151 Å². The van der Waals surface area contributed by atoms with Crippen LogP contribution in [0.5, 0.6) is 0 Å². The Morgan fingerprint density at radius 2 is 1.85 bits per heavy atom. The van der Waals surface area contributed by atoms with Crippen molar-refractivity contribution < 1.29 is 34.4 Å². The average Bonchev–Trinajstić information content (AvgIpc) is 2.94. The second kappa shape index (κ2) is 4.69. The van der Waals surface area contributed by atoms with Crippen molar-refractivity contribution in [2.24, 2.45) is 34.5 Å². The van der Waals surface area contributed by atoms with Gasteiger partial charge in [0.05, 0.1) is 30.3 Å². The number of fused-ring (bicyclic) bond motifs is 2. The topological polar surface area (TPSA) is 113 Å². The average molecular weight is 366 g/mol. The highest BCUT2D eigenvalue weighted by atomic mass is 16.6. The smallest absolute Gasteiger partial charge is 0.313 e. The minimum Gasteiger partial charge on any atom is -0.456 e. The lowest BCUT2D eigenvalue weighted by Crippen LogP contribution is -2.73. The van der Waals surface area contributed by atoms with Gasteiger partial charge in [0.15, 0.2) is 6.10 Å². The molecule has 3 N–H and O–H groups in total. The van der Waals surface area contributed by atoms with E-state index < -0.39 is 58.7 Å². The molecule has 0 aromatic rings. The van der Waals surface area contributed by atoms with Crippen molar-refractivity contribution in [3.05, 3.63) is 0 Å². The Bertz CT molecular complexity index is 708. The summed E-state index contributed by atoms with van der Waals surface area (Å²) < 4.78 is 11.4. The van der Waals surface area contributed by atoms with Gasteiger partial charge in [-0.1, -0.05) is 13.8 Å². The molecule has 7 heteroatoms. The fourth-order valence-electron chi connectivity index (χ4n) is 7.60. The van der Waals surface area contributed by atoms with Crippen molar-refractivity contribution in [1.82, 2.24) is 0 Å². The molecule has 1 spiro atoms. The molecule has 2 saturated heterocycles. The normalized spacial score (nSPS) is 63.3. The minimum absolute atomic E-state index is 0.0248. The summed E-state index contributed by atoms with van der Waals surface area (Å²) in [5.41, 5.74) is -3.11.